The van der Waals surface area contributed by atoms with E-state index >= 15 is 0 Å². The van der Waals surface area contributed by atoms with Crippen LogP contribution in [0.15, 0.2) is 12.2 Å². The zero-order valence-corrected chi connectivity index (χ0v) is 11.7. The van der Waals surface area contributed by atoms with Crippen molar-refractivity contribution in [2.24, 2.45) is 0 Å². The molecule has 0 aliphatic carbocycles. The van der Waals surface area contributed by atoms with Crippen molar-refractivity contribution in [3.05, 3.63) is 12.2 Å². The van der Waals surface area contributed by atoms with Crippen LogP contribution in [0, 0.1) is 0 Å². The van der Waals surface area contributed by atoms with Crippen LogP contribution in [0.5, 0.6) is 0 Å². The molecule has 1 aliphatic heterocycles. The number of esters is 1. The van der Waals surface area contributed by atoms with Crippen molar-refractivity contribution in [1.29, 1.82) is 0 Å². The largest absolute Gasteiger partial charge is 0.463 e. The molecule has 0 spiro atoms. The van der Waals surface area contributed by atoms with Gasteiger partial charge in [-0.25, -0.2) is 0 Å². The maximum absolute atomic E-state index is 11.4. The van der Waals surface area contributed by atoms with Crippen molar-refractivity contribution in [3.8, 4) is 0 Å². The van der Waals surface area contributed by atoms with E-state index in [0.717, 1.165) is 12.8 Å². The molecule has 3 heteroatoms. The molecule has 0 amide bonds. The van der Waals surface area contributed by atoms with E-state index in [-0.39, 0.29) is 11.6 Å². The van der Waals surface area contributed by atoms with E-state index in [2.05, 4.69) is 19.1 Å². The first kappa shape index (κ1) is 15.2. The summed E-state index contributed by atoms with van der Waals surface area (Å²) < 4.78 is 10.3. The molecule has 1 fully saturated rings. The monoisotopic (exact) mass is 254 g/mol. The number of allylic oxidation sites excluding steroid dienone is 2. The van der Waals surface area contributed by atoms with Crippen LogP contribution in [0.25, 0.3) is 0 Å². The number of carbonyl (C=O) groups excluding carboxylic acids is 1. The SMILES string of the molecule is C/C=C\CCCCCCCC(=O)OCC1(C)CO1. The van der Waals surface area contributed by atoms with E-state index in [1.165, 1.54) is 25.7 Å². The second-order valence-electron chi connectivity index (χ2n) is 5.27. The third-order valence-corrected chi connectivity index (χ3v) is 3.16. The Balaban J connectivity index is 1.83. The normalized spacial score (nSPS) is 22.3. The van der Waals surface area contributed by atoms with Gasteiger partial charge in [0, 0.05) is 6.42 Å². The molecule has 0 saturated carbocycles. The maximum Gasteiger partial charge on any atom is 0.305 e. The molecular formula is C15H26O3. The number of hydrogen-bond donors (Lipinski definition) is 0. The lowest BCUT2D eigenvalue weighted by Gasteiger charge is -2.07. The molecule has 1 unspecified atom stereocenters. The van der Waals surface area contributed by atoms with E-state index in [1.807, 2.05) is 6.92 Å². The molecular weight excluding hydrogens is 228 g/mol. The van der Waals surface area contributed by atoms with Crippen LogP contribution in [0.3, 0.4) is 0 Å². The first-order valence-corrected chi connectivity index (χ1v) is 7.07. The van der Waals surface area contributed by atoms with Crippen molar-refractivity contribution in [2.75, 3.05) is 13.2 Å². The van der Waals surface area contributed by atoms with Crippen LogP contribution in [0.2, 0.25) is 0 Å². The van der Waals surface area contributed by atoms with Crippen LogP contribution in [-0.4, -0.2) is 24.8 Å². The van der Waals surface area contributed by atoms with Gasteiger partial charge in [0.1, 0.15) is 12.2 Å². The van der Waals surface area contributed by atoms with E-state index in [0.29, 0.717) is 19.6 Å². The Hall–Kier alpha value is -0.830. The number of epoxide rings is 1. The lowest BCUT2D eigenvalue weighted by molar-refractivity contribution is -0.145. The van der Waals surface area contributed by atoms with Gasteiger partial charge in [-0.05, 0) is 33.1 Å². The Kier molecular flexibility index (Phi) is 7.02. The summed E-state index contributed by atoms with van der Waals surface area (Å²) >= 11 is 0. The summed E-state index contributed by atoms with van der Waals surface area (Å²) in [5, 5.41) is 0. The molecule has 0 N–H and O–H groups in total. The number of ether oxygens (including phenoxy) is 2. The average molecular weight is 254 g/mol. The summed E-state index contributed by atoms with van der Waals surface area (Å²) in [4.78, 5) is 11.4. The summed E-state index contributed by atoms with van der Waals surface area (Å²) in [6, 6.07) is 0. The van der Waals surface area contributed by atoms with Crippen LogP contribution in [-0.2, 0) is 14.3 Å². The molecule has 1 aliphatic rings. The highest BCUT2D eigenvalue weighted by Crippen LogP contribution is 2.25. The van der Waals surface area contributed by atoms with Gasteiger partial charge in [0.2, 0.25) is 0 Å². The van der Waals surface area contributed by atoms with Gasteiger partial charge < -0.3 is 9.47 Å². The Morgan fingerprint density at radius 3 is 2.61 bits per heavy atom. The molecule has 1 saturated heterocycles. The topological polar surface area (TPSA) is 38.8 Å². The third kappa shape index (κ3) is 7.49. The Morgan fingerprint density at radius 2 is 1.94 bits per heavy atom. The molecule has 0 bridgehead atoms. The highest BCUT2D eigenvalue weighted by atomic mass is 16.6. The van der Waals surface area contributed by atoms with Crippen molar-refractivity contribution in [1.82, 2.24) is 0 Å². The van der Waals surface area contributed by atoms with E-state index in [9.17, 15) is 4.79 Å². The van der Waals surface area contributed by atoms with Crippen molar-refractivity contribution >= 4 is 5.97 Å². The highest BCUT2D eigenvalue weighted by molar-refractivity contribution is 5.69. The first-order chi connectivity index (χ1) is 8.66. The predicted octanol–water partition coefficient (Wildman–Crippen LogP) is 3.63. The average Bonchev–Trinajstić information content (AvgIpc) is 3.09. The number of rotatable bonds is 10. The number of unbranched alkanes of at least 4 members (excludes halogenated alkanes) is 5. The molecule has 104 valence electrons. The lowest BCUT2D eigenvalue weighted by Crippen LogP contribution is -2.18. The third-order valence-electron chi connectivity index (χ3n) is 3.16. The summed E-state index contributed by atoms with van der Waals surface area (Å²) in [5.41, 5.74) is -0.178. The predicted molar refractivity (Wildman–Crippen MR) is 72.4 cm³/mol. The van der Waals surface area contributed by atoms with Gasteiger partial charge in [-0.2, -0.15) is 0 Å². The minimum Gasteiger partial charge on any atom is -0.463 e. The van der Waals surface area contributed by atoms with Crippen molar-refractivity contribution in [3.63, 3.8) is 0 Å². The summed E-state index contributed by atoms with van der Waals surface area (Å²) in [6.07, 6.45) is 11.8. The van der Waals surface area contributed by atoms with Crippen molar-refractivity contribution < 1.29 is 14.3 Å². The minimum absolute atomic E-state index is 0.0827. The second-order valence-corrected chi connectivity index (χ2v) is 5.27. The minimum atomic E-state index is -0.178. The Morgan fingerprint density at radius 1 is 1.28 bits per heavy atom. The zero-order valence-electron chi connectivity index (χ0n) is 11.7. The van der Waals surface area contributed by atoms with E-state index in [1.54, 1.807) is 0 Å². The Labute approximate surface area is 111 Å². The molecule has 18 heavy (non-hydrogen) atoms. The van der Waals surface area contributed by atoms with Crippen LogP contribution < -0.4 is 0 Å². The quantitative estimate of drug-likeness (QED) is 0.259. The number of hydrogen-bond acceptors (Lipinski definition) is 3. The summed E-state index contributed by atoms with van der Waals surface area (Å²) in [5.74, 6) is -0.0827. The summed E-state index contributed by atoms with van der Waals surface area (Å²) in [6.45, 7) is 5.14. The van der Waals surface area contributed by atoms with Gasteiger partial charge in [0.15, 0.2) is 0 Å². The maximum atomic E-state index is 11.4. The first-order valence-electron chi connectivity index (χ1n) is 7.07. The molecule has 0 aromatic heterocycles. The van der Waals surface area contributed by atoms with Gasteiger partial charge in [-0.3, -0.25) is 4.79 Å². The van der Waals surface area contributed by atoms with Gasteiger partial charge in [0.05, 0.1) is 6.61 Å². The highest BCUT2D eigenvalue weighted by Gasteiger charge is 2.40. The smallest absolute Gasteiger partial charge is 0.305 e. The van der Waals surface area contributed by atoms with Gasteiger partial charge in [-0.1, -0.05) is 31.4 Å². The van der Waals surface area contributed by atoms with Crippen LogP contribution in [0.1, 0.15) is 58.8 Å². The zero-order chi connectivity index (χ0) is 13.3. The molecule has 0 aromatic carbocycles. The second kappa shape index (κ2) is 8.30. The fourth-order valence-corrected chi connectivity index (χ4v) is 1.74. The molecule has 1 heterocycles. The molecule has 0 radical (unpaired) electrons. The standard InChI is InChI=1S/C15H26O3/c1-3-4-5-6-7-8-9-10-11-14(16)17-12-15(2)13-18-15/h3-4H,5-13H2,1-2H3/b4-3-. The van der Waals surface area contributed by atoms with E-state index < -0.39 is 0 Å². The molecule has 3 nitrogen and oxygen atoms in total. The number of carbonyl (C=O) groups is 1. The fraction of sp³-hybridized carbons (Fsp3) is 0.800. The van der Waals surface area contributed by atoms with Gasteiger partial charge in [0.25, 0.3) is 0 Å². The Bertz CT molecular complexity index is 267. The van der Waals surface area contributed by atoms with Gasteiger partial charge in [-0.15, -0.1) is 0 Å². The van der Waals surface area contributed by atoms with Crippen LogP contribution in [0.4, 0.5) is 0 Å². The molecule has 1 rings (SSSR count). The molecule has 1 atom stereocenters. The van der Waals surface area contributed by atoms with Crippen LogP contribution >= 0.6 is 0 Å². The van der Waals surface area contributed by atoms with Gasteiger partial charge >= 0.3 is 5.97 Å². The van der Waals surface area contributed by atoms with E-state index in [4.69, 9.17) is 9.47 Å². The fourth-order valence-electron chi connectivity index (χ4n) is 1.74. The summed E-state index contributed by atoms with van der Waals surface area (Å²) in [7, 11) is 0. The van der Waals surface area contributed by atoms with Crippen molar-refractivity contribution in [2.45, 2.75) is 64.4 Å². The lowest BCUT2D eigenvalue weighted by atomic mass is 10.1. The molecule has 0 aromatic rings.